The third-order valence-electron chi connectivity index (χ3n) is 3.42. The van der Waals surface area contributed by atoms with Crippen molar-refractivity contribution in [3.8, 4) is 0 Å². The maximum Gasteiger partial charge on any atom is 0.490 e. The van der Waals surface area contributed by atoms with Crippen molar-refractivity contribution in [2.45, 2.75) is 24.9 Å². The highest BCUT2D eigenvalue weighted by Crippen LogP contribution is 2.66. The third-order valence-corrected chi connectivity index (χ3v) is 7.22. The number of anilines is 1. The van der Waals surface area contributed by atoms with Crippen molar-refractivity contribution in [3.05, 3.63) is 22.7 Å². The maximum atomic E-state index is 12.0. The smallest absolute Gasteiger partial charge is 0.390 e. The Morgan fingerprint density at radius 2 is 1.90 bits per heavy atom. The molecule has 1 aromatic rings. The molecule has 5 unspecified atom stereocenters. The number of hydrogen-bond acceptors (Lipinski definition) is 11. The predicted octanol–water partition coefficient (Wildman–Crippen LogP) is -0.723. The number of ether oxygens (including phenoxy) is 1. The van der Waals surface area contributed by atoms with E-state index in [9.17, 15) is 28.5 Å². The summed E-state index contributed by atoms with van der Waals surface area (Å²) < 4.78 is 51.5. The van der Waals surface area contributed by atoms with Crippen LogP contribution in [-0.2, 0) is 31.6 Å². The van der Waals surface area contributed by atoms with Gasteiger partial charge in [0.05, 0.1) is 12.7 Å². The topological polar surface area (TPSA) is 236 Å². The summed E-state index contributed by atoms with van der Waals surface area (Å²) in [7, 11) is -15.0. The molecule has 1 aliphatic rings. The maximum absolute atomic E-state index is 12.0. The normalized spacial score (nSPS) is 26.6. The van der Waals surface area contributed by atoms with Gasteiger partial charge in [0.1, 0.15) is 18.1 Å². The van der Waals surface area contributed by atoms with Gasteiger partial charge in [-0.25, -0.2) is 18.5 Å². The molecule has 6 N–H and O–H groups in total. The van der Waals surface area contributed by atoms with Crippen molar-refractivity contribution in [2.24, 2.45) is 0 Å². The minimum absolute atomic E-state index is 0.106. The quantitative estimate of drug-likeness (QED) is 0.239. The van der Waals surface area contributed by atoms with Gasteiger partial charge in [-0.05, 0) is 6.07 Å². The fourth-order valence-electron chi connectivity index (χ4n) is 2.28. The fourth-order valence-corrected chi connectivity index (χ4v) is 5.31. The molecule has 0 bridgehead atoms. The molecule has 29 heavy (non-hydrogen) atoms. The summed E-state index contributed by atoms with van der Waals surface area (Å²) in [5.41, 5.74) is -0.692. The van der Waals surface area contributed by atoms with Crippen molar-refractivity contribution < 1.29 is 56.3 Å². The number of rotatable bonds is 9. The lowest BCUT2D eigenvalue weighted by Gasteiger charge is -2.19. The molecule has 0 amide bonds. The summed E-state index contributed by atoms with van der Waals surface area (Å²) in [6.45, 7) is -0.835. The molecule has 0 aliphatic carbocycles. The van der Waals surface area contributed by atoms with Gasteiger partial charge in [0.25, 0.3) is 0 Å². The summed E-state index contributed by atoms with van der Waals surface area (Å²) in [5.74, 6) is 0.300. The van der Waals surface area contributed by atoms with Gasteiger partial charge in [-0.2, -0.15) is 13.6 Å². The van der Waals surface area contributed by atoms with Gasteiger partial charge >= 0.3 is 29.2 Å². The molecule has 19 heteroatoms. The molecule has 0 radical (unpaired) electrons. The average Bonchev–Trinajstić information content (AvgIpc) is 2.90. The van der Waals surface area contributed by atoms with Crippen LogP contribution >= 0.6 is 23.5 Å². The van der Waals surface area contributed by atoms with Gasteiger partial charge in [-0.1, -0.05) is 0 Å². The van der Waals surface area contributed by atoms with Crippen LogP contribution in [0, 0.1) is 0 Å². The highest BCUT2D eigenvalue weighted by Gasteiger charge is 2.42. The van der Waals surface area contributed by atoms with Crippen molar-refractivity contribution in [1.29, 1.82) is 0 Å². The van der Waals surface area contributed by atoms with Crippen LogP contribution in [0.25, 0.3) is 0 Å². The highest BCUT2D eigenvalue weighted by atomic mass is 31.3. The molecule has 1 aromatic heterocycles. The molecular weight excluding hydrogens is 463 g/mol. The van der Waals surface area contributed by atoms with E-state index in [4.69, 9.17) is 19.4 Å². The van der Waals surface area contributed by atoms with E-state index in [0.29, 0.717) is 5.82 Å². The van der Waals surface area contributed by atoms with Crippen molar-refractivity contribution in [3.63, 3.8) is 0 Å². The van der Waals surface area contributed by atoms with Crippen LogP contribution in [-0.4, -0.2) is 60.1 Å². The minimum Gasteiger partial charge on any atom is -0.390 e. The molecule has 1 aliphatic heterocycles. The summed E-state index contributed by atoms with van der Waals surface area (Å²) in [6.07, 6.45) is -2.25. The monoisotopic (exact) mass is 481 g/mol. The molecule has 166 valence electrons. The van der Waals surface area contributed by atoms with Crippen LogP contribution < -0.4 is 11.0 Å². The summed E-state index contributed by atoms with van der Waals surface area (Å²) in [6, 6.07) is 1.47. The Labute approximate surface area is 162 Å². The summed E-state index contributed by atoms with van der Waals surface area (Å²) >= 11 is 0. The first-order valence-electron chi connectivity index (χ1n) is 7.60. The Morgan fingerprint density at radius 1 is 1.24 bits per heavy atom. The van der Waals surface area contributed by atoms with Crippen molar-refractivity contribution in [1.82, 2.24) is 9.55 Å². The Morgan fingerprint density at radius 3 is 2.45 bits per heavy atom. The highest BCUT2D eigenvalue weighted by molar-refractivity contribution is 7.66. The lowest BCUT2D eigenvalue weighted by molar-refractivity contribution is -0.0449. The van der Waals surface area contributed by atoms with E-state index in [1.807, 2.05) is 0 Å². The number of hydrogen-bond donors (Lipinski definition) is 6. The Hall–Kier alpha value is -0.990. The van der Waals surface area contributed by atoms with E-state index in [1.165, 1.54) is 12.3 Å². The molecule has 1 fully saturated rings. The first-order valence-corrected chi connectivity index (χ1v) is 12.1. The van der Waals surface area contributed by atoms with E-state index >= 15 is 0 Å². The Kier molecular flexibility index (Phi) is 7.55. The van der Waals surface area contributed by atoms with Gasteiger partial charge in [0, 0.05) is 19.7 Å². The molecule has 5 atom stereocenters. The second-order valence-corrected chi connectivity index (χ2v) is 9.99. The number of aliphatic hydroxyl groups excluding tert-OH is 1. The number of nitrogens with zero attached hydrogens (tertiary/aromatic N) is 2. The molecule has 16 nitrogen and oxygen atoms in total. The van der Waals surface area contributed by atoms with Gasteiger partial charge < -0.3 is 34.7 Å². The second-order valence-electron chi connectivity index (χ2n) is 5.57. The molecule has 2 heterocycles. The summed E-state index contributed by atoms with van der Waals surface area (Å²) in [4.78, 5) is 51.1. The third kappa shape index (κ3) is 7.33. The zero-order valence-electron chi connectivity index (χ0n) is 14.5. The molecule has 0 spiro atoms. The van der Waals surface area contributed by atoms with Gasteiger partial charge in [0.15, 0.2) is 0 Å². The van der Waals surface area contributed by atoms with E-state index < -0.39 is 54.2 Å². The number of nitrogens with one attached hydrogen (secondary N) is 1. The standard InChI is InChI=1S/C10H18N3O13P3/c1-11-8-2-3-13(10(15)12-8)9-4-6(14)7(24-9)5-23-28(19,20)26-29(21,22)25-27(16,17)18/h2-3,6-7,9,14H,4-5H2,1H3,(H,19,20)(H,21,22)(H,11,12,15)(H2,16,17,18). The van der Waals surface area contributed by atoms with Crippen LogP contribution in [0.3, 0.4) is 0 Å². The zero-order valence-corrected chi connectivity index (χ0v) is 17.2. The van der Waals surface area contributed by atoms with Gasteiger partial charge in [-0.15, -0.1) is 0 Å². The van der Waals surface area contributed by atoms with Crippen LogP contribution in [0.1, 0.15) is 12.6 Å². The first-order chi connectivity index (χ1) is 13.2. The lowest BCUT2D eigenvalue weighted by atomic mass is 10.2. The molecule has 0 aromatic carbocycles. The molecule has 1 saturated heterocycles. The molecule has 2 rings (SSSR count). The number of aromatic nitrogens is 2. The largest absolute Gasteiger partial charge is 0.490 e. The average molecular weight is 481 g/mol. The van der Waals surface area contributed by atoms with E-state index in [0.717, 1.165) is 4.57 Å². The molecule has 0 saturated carbocycles. The van der Waals surface area contributed by atoms with Crippen LogP contribution in [0.15, 0.2) is 17.1 Å². The SMILES string of the molecule is CNc1ccn(C2CC(O)C(COP(=O)(O)OP(=O)(O)OP(=O)(O)O)O2)c(=O)n1. The van der Waals surface area contributed by atoms with Crippen LogP contribution in [0.4, 0.5) is 5.82 Å². The van der Waals surface area contributed by atoms with Crippen LogP contribution in [0.5, 0.6) is 0 Å². The zero-order chi connectivity index (χ0) is 22.0. The lowest BCUT2D eigenvalue weighted by Crippen LogP contribution is -2.28. The Bertz CT molecular complexity index is 931. The minimum atomic E-state index is -5.65. The first kappa shape index (κ1) is 24.3. The Balaban J connectivity index is 1.99. The van der Waals surface area contributed by atoms with Crippen molar-refractivity contribution >= 4 is 29.3 Å². The van der Waals surface area contributed by atoms with Gasteiger partial charge in [0.2, 0.25) is 0 Å². The van der Waals surface area contributed by atoms with Crippen molar-refractivity contribution in [2.75, 3.05) is 19.0 Å². The van der Waals surface area contributed by atoms with Crippen LogP contribution in [0.2, 0.25) is 0 Å². The number of phosphoric acid groups is 3. The van der Waals surface area contributed by atoms with E-state index in [1.54, 1.807) is 7.05 Å². The summed E-state index contributed by atoms with van der Waals surface area (Å²) in [5, 5.41) is 12.7. The van der Waals surface area contributed by atoms with E-state index in [2.05, 4.69) is 23.4 Å². The number of phosphoric ester groups is 1. The fraction of sp³-hybridized carbons (Fsp3) is 0.600. The van der Waals surface area contributed by atoms with E-state index in [-0.39, 0.29) is 6.42 Å². The second kappa shape index (κ2) is 9.02. The number of aliphatic hydroxyl groups is 1. The van der Waals surface area contributed by atoms with Gasteiger partial charge in [-0.3, -0.25) is 9.09 Å². The molecular formula is C10H18N3O13P3. The predicted molar refractivity (Wildman–Crippen MR) is 92.4 cm³/mol.